The molecule has 0 radical (unpaired) electrons. The first-order chi connectivity index (χ1) is 9.86. The van der Waals surface area contributed by atoms with Crippen LogP contribution in [0.5, 0.6) is 5.75 Å². The molecule has 2 nitrogen and oxygen atoms in total. The molecule has 0 heterocycles. The van der Waals surface area contributed by atoms with Gasteiger partial charge in [-0.15, -0.1) is 0 Å². The molecule has 1 aliphatic rings. The van der Waals surface area contributed by atoms with Crippen LogP contribution < -0.4 is 10.1 Å². The predicted molar refractivity (Wildman–Crippen MR) is 82.0 cm³/mol. The molecule has 0 aromatic heterocycles. The monoisotopic (exact) mass is 267 g/mol. The summed E-state index contributed by atoms with van der Waals surface area (Å²) in [5, 5.41) is 3.50. The summed E-state index contributed by atoms with van der Waals surface area (Å²) in [6, 6.07) is 17.1. The van der Waals surface area contributed by atoms with E-state index >= 15 is 0 Å². The molecule has 1 fully saturated rings. The number of hydrogen-bond donors (Lipinski definition) is 1. The van der Waals surface area contributed by atoms with Crippen LogP contribution >= 0.6 is 0 Å². The lowest BCUT2D eigenvalue weighted by Crippen LogP contribution is -2.13. The predicted octanol–water partition coefficient (Wildman–Crippen LogP) is 3.86. The molecule has 2 aromatic carbocycles. The van der Waals surface area contributed by atoms with Gasteiger partial charge < -0.3 is 10.1 Å². The van der Waals surface area contributed by atoms with Gasteiger partial charge >= 0.3 is 0 Å². The van der Waals surface area contributed by atoms with Crippen LogP contribution in [0.1, 0.15) is 35.4 Å². The number of methoxy groups -OCH3 is 1. The Morgan fingerprint density at radius 2 is 1.90 bits per heavy atom. The molecule has 0 spiro atoms. The molecule has 0 aliphatic heterocycles. The van der Waals surface area contributed by atoms with Crippen LogP contribution in [0.4, 0.5) is 0 Å². The molecule has 2 aromatic rings. The van der Waals surface area contributed by atoms with Crippen LogP contribution in [0.25, 0.3) is 0 Å². The Balaban J connectivity index is 1.58. The van der Waals surface area contributed by atoms with Gasteiger partial charge in [0.05, 0.1) is 7.11 Å². The van der Waals surface area contributed by atoms with Crippen molar-refractivity contribution in [2.75, 3.05) is 7.11 Å². The Hall–Kier alpha value is -1.80. The average Bonchev–Trinajstić information content (AvgIpc) is 3.33. The standard InChI is InChI=1S/C18H21NO/c1-20-18-8-3-2-6-17(18)13-19-12-14-5-4-7-16(11-14)15-9-10-15/h2-8,11,15,19H,9-10,12-13H2,1H3. The lowest BCUT2D eigenvalue weighted by atomic mass is 10.1. The molecule has 20 heavy (non-hydrogen) atoms. The average molecular weight is 267 g/mol. The van der Waals surface area contributed by atoms with Gasteiger partial charge in [-0.1, -0.05) is 42.5 Å². The highest BCUT2D eigenvalue weighted by Gasteiger charge is 2.23. The van der Waals surface area contributed by atoms with Gasteiger partial charge in [0.25, 0.3) is 0 Å². The normalized spacial score (nSPS) is 14.2. The molecule has 2 heteroatoms. The lowest BCUT2D eigenvalue weighted by molar-refractivity contribution is 0.407. The van der Waals surface area contributed by atoms with Crippen LogP contribution in [0, 0.1) is 0 Å². The number of nitrogens with one attached hydrogen (secondary N) is 1. The fraction of sp³-hybridized carbons (Fsp3) is 0.333. The summed E-state index contributed by atoms with van der Waals surface area (Å²) in [5.74, 6) is 1.77. The third kappa shape index (κ3) is 3.20. The van der Waals surface area contributed by atoms with Gasteiger partial charge in [-0.25, -0.2) is 0 Å². The van der Waals surface area contributed by atoms with Crippen molar-refractivity contribution in [3.63, 3.8) is 0 Å². The molecule has 1 saturated carbocycles. The van der Waals surface area contributed by atoms with E-state index in [0.29, 0.717) is 0 Å². The maximum absolute atomic E-state index is 5.37. The molecule has 1 aliphatic carbocycles. The van der Waals surface area contributed by atoms with E-state index in [1.807, 2.05) is 18.2 Å². The van der Waals surface area contributed by atoms with Crippen molar-refractivity contribution >= 4 is 0 Å². The van der Waals surface area contributed by atoms with Crippen LogP contribution in [0.2, 0.25) is 0 Å². The van der Waals surface area contributed by atoms with E-state index in [2.05, 4.69) is 35.6 Å². The zero-order valence-corrected chi connectivity index (χ0v) is 11.9. The number of hydrogen-bond acceptors (Lipinski definition) is 2. The Morgan fingerprint density at radius 3 is 2.70 bits per heavy atom. The third-order valence-corrected chi connectivity index (χ3v) is 3.84. The number of para-hydroxylation sites is 1. The third-order valence-electron chi connectivity index (χ3n) is 3.84. The highest BCUT2D eigenvalue weighted by molar-refractivity contribution is 5.33. The highest BCUT2D eigenvalue weighted by atomic mass is 16.5. The molecule has 0 amide bonds. The Morgan fingerprint density at radius 1 is 1.05 bits per heavy atom. The van der Waals surface area contributed by atoms with Crippen LogP contribution in [0.15, 0.2) is 48.5 Å². The molecule has 1 N–H and O–H groups in total. The molecule has 0 unspecified atom stereocenters. The molecule has 3 rings (SSSR count). The summed E-state index contributed by atoms with van der Waals surface area (Å²) in [5.41, 5.74) is 4.07. The van der Waals surface area contributed by atoms with Crippen molar-refractivity contribution < 1.29 is 4.74 Å². The zero-order valence-electron chi connectivity index (χ0n) is 11.9. The van der Waals surface area contributed by atoms with Gasteiger partial charge in [-0.05, 0) is 36.0 Å². The summed E-state index contributed by atoms with van der Waals surface area (Å²) in [4.78, 5) is 0. The first-order valence-electron chi connectivity index (χ1n) is 7.28. The summed E-state index contributed by atoms with van der Waals surface area (Å²) in [7, 11) is 1.72. The zero-order chi connectivity index (χ0) is 13.8. The second-order valence-corrected chi connectivity index (χ2v) is 5.43. The summed E-state index contributed by atoms with van der Waals surface area (Å²) >= 11 is 0. The summed E-state index contributed by atoms with van der Waals surface area (Å²) < 4.78 is 5.37. The Bertz CT molecular complexity index is 575. The highest BCUT2D eigenvalue weighted by Crippen LogP contribution is 2.40. The second kappa shape index (κ2) is 6.10. The number of ether oxygens (including phenoxy) is 1. The maximum atomic E-state index is 5.37. The SMILES string of the molecule is COc1ccccc1CNCc1cccc(C2CC2)c1. The molecular weight excluding hydrogens is 246 g/mol. The van der Waals surface area contributed by atoms with Crippen molar-refractivity contribution in [3.05, 3.63) is 65.2 Å². The van der Waals surface area contributed by atoms with Gasteiger partial charge in [-0.3, -0.25) is 0 Å². The number of rotatable bonds is 6. The first kappa shape index (κ1) is 13.2. The minimum absolute atomic E-state index is 0.823. The summed E-state index contributed by atoms with van der Waals surface area (Å²) in [6.45, 7) is 1.73. The maximum Gasteiger partial charge on any atom is 0.123 e. The second-order valence-electron chi connectivity index (χ2n) is 5.43. The fourth-order valence-corrected chi connectivity index (χ4v) is 2.56. The first-order valence-corrected chi connectivity index (χ1v) is 7.28. The molecule has 0 saturated heterocycles. The van der Waals surface area contributed by atoms with Gasteiger partial charge in [0.15, 0.2) is 0 Å². The van der Waals surface area contributed by atoms with Gasteiger partial charge in [-0.2, -0.15) is 0 Å². The fourth-order valence-electron chi connectivity index (χ4n) is 2.56. The van der Waals surface area contributed by atoms with Crippen molar-refractivity contribution in [1.29, 1.82) is 0 Å². The Labute approximate surface area is 120 Å². The van der Waals surface area contributed by atoms with Crippen LogP contribution in [0.3, 0.4) is 0 Å². The van der Waals surface area contributed by atoms with Gasteiger partial charge in [0, 0.05) is 18.7 Å². The van der Waals surface area contributed by atoms with E-state index < -0.39 is 0 Å². The van der Waals surface area contributed by atoms with Gasteiger partial charge in [0.2, 0.25) is 0 Å². The Kier molecular flexibility index (Phi) is 4.03. The van der Waals surface area contributed by atoms with Crippen molar-refractivity contribution in [1.82, 2.24) is 5.32 Å². The quantitative estimate of drug-likeness (QED) is 0.858. The molecule has 0 atom stereocenters. The minimum Gasteiger partial charge on any atom is -0.496 e. The molecule has 104 valence electrons. The van der Waals surface area contributed by atoms with E-state index in [9.17, 15) is 0 Å². The van der Waals surface area contributed by atoms with Crippen molar-refractivity contribution in [3.8, 4) is 5.75 Å². The molecular formula is C18H21NO. The topological polar surface area (TPSA) is 21.3 Å². The molecule has 0 bridgehead atoms. The largest absolute Gasteiger partial charge is 0.496 e. The van der Waals surface area contributed by atoms with Gasteiger partial charge in [0.1, 0.15) is 5.75 Å². The van der Waals surface area contributed by atoms with Crippen molar-refractivity contribution in [2.45, 2.75) is 31.8 Å². The van der Waals surface area contributed by atoms with Crippen molar-refractivity contribution in [2.24, 2.45) is 0 Å². The summed E-state index contributed by atoms with van der Waals surface area (Å²) in [6.07, 6.45) is 2.72. The van der Waals surface area contributed by atoms with E-state index in [1.165, 1.54) is 29.5 Å². The van der Waals surface area contributed by atoms with E-state index in [0.717, 1.165) is 24.8 Å². The van der Waals surface area contributed by atoms with E-state index in [1.54, 1.807) is 7.11 Å². The van der Waals surface area contributed by atoms with E-state index in [-0.39, 0.29) is 0 Å². The minimum atomic E-state index is 0.823. The number of benzene rings is 2. The van der Waals surface area contributed by atoms with Crippen LogP contribution in [-0.4, -0.2) is 7.11 Å². The smallest absolute Gasteiger partial charge is 0.123 e. The van der Waals surface area contributed by atoms with Crippen LogP contribution in [-0.2, 0) is 13.1 Å². The van der Waals surface area contributed by atoms with E-state index in [4.69, 9.17) is 4.74 Å². The lowest BCUT2D eigenvalue weighted by Gasteiger charge is -2.10.